The molecule has 3 rings (SSSR count). The minimum absolute atomic E-state index is 0.137. The fourth-order valence-corrected chi connectivity index (χ4v) is 2.99. The molecule has 0 aliphatic carbocycles. The van der Waals surface area contributed by atoms with Crippen molar-refractivity contribution in [2.45, 2.75) is 0 Å². The van der Waals surface area contributed by atoms with Crippen molar-refractivity contribution in [1.82, 2.24) is 0 Å². The summed E-state index contributed by atoms with van der Waals surface area (Å²) in [5, 5.41) is 23.2. The van der Waals surface area contributed by atoms with Gasteiger partial charge >= 0.3 is 0 Å². The number of anilines is 2. The predicted molar refractivity (Wildman–Crippen MR) is 100 cm³/mol. The van der Waals surface area contributed by atoms with Crippen LogP contribution < -0.4 is 10.2 Å². The molecule has 1 aliphatic rings. The van der Waals surface area contributed by atoms with Crippen molar-refractivity contribution in [3.8, 4) is 6.07 Å². The maximum absolute atomic E-state index is 12.5. The third kappa shape index (κ3) is 4.16. The highest BCUT2D eigenvalue weighted by Crippen LogP contribution is 2.30. The van der Waals surface area contributed by atoms with Gasteiger partial charge in [0.25, 0.3) is 11.6 Å². The normalized spacial score (nSPS) is 13.7. The van der Waals surface area contributed by atoms with Crippen LogP contribution in [-0.4, -0.2) is 37.1 Å². The van der Waals surface area contributed by atoms with Gasteiger partial charge in [-0.1, -0.05) is 11.6 Å². The predicted octanol–water partition coefficient (Wildman–Crippen LogP) is 3.21. The number of nitrogens with zero attached hydrogens (tertiary/aromatic N) is 3. The van der Waals surface area contributed by atoms with Crippen LogP contribution in [0.5, 0.6) is 0 Å². The van der Waals surface area contributed by atoms with E-state index in [2.05, 4.69) is 5.32 Å². The number of morpholine rings is 1. The van der Waals surface area contributed by atoms with E-state index in [9.17, 15) is 14.9 Å². The van der Waals surface area contributed by atoms with Crippen molar-refractivity contribution in [3.05, 3.63) is 62.7 Å². The largest absolute Gasteiger partial charge is 0.378 e. The number of amides is 1. The van der Waals surface area contributed by atoms with E-state index in [1.165, 1.54) is 18.2 Å². The van der Waals surface area contributed by atoms with E-state index in [0.717, 1.165) is 0 Å². The Balaban J connectivity index is 1.84. The van der Waals surface area contributed by atoms with Gasteiger partial charge in [0.15, 0.2) is 0 Å². The van der Waals surface area contributed by atoms with Crippen LogP contribution >= 0.6 is 11.6 Å². The summed E-state index contributed by atoms with van der Waals surface area (Å²) in [5.74, 6) is -0.507. The monoisotopic (exact) mass is 386 g/mol. The first-order valence-corrected chi connectivity index (χ1v) is 8.49. The molecular formula is C18H15ClN4O4. The Kier molecular flexibility index (Phi) is 5.54. The number of carbonyl (C=O) groups is 1. The molecule has 0 unspecified atom stereocenters. The van der Waals surface area contributed by atoms with Crippen LogP contribution in [0, 0.1) is 21.4 Å². The third-order valence-corrected chi connectivity index (χ3v) is 4.45. The van der Waals surface area contributed by atoms with Gasteiger partial charge in [-0.05, 0) is 30.3 Å². The Morgan fingerprint density at radius 1 is 1.26 bits per heavy atom. The molecule has 1 fully saturated rings. The van der Waals surface area contributed by atoms with E-state index in [0.29, 0.717) is 43.2 Å². The molecule has 1 N–H and O–H groups in total. The Morgan fingerprint density at radius 2 is 2.00 bits per heavy atom. The maximum Gasteiger partial charge on any atom is 0.293 e. The topological polar surface area (TPSA) is 108 Å². The number of ether oxygens (including phenoxy) is 1. The molecular weight excluding hydrogens is 372 g/mol. The summed E-state index contributed by atoms with van der Waals surface area (Å²) in [6.07, 6.45) is 0. The molecule has 0 aromatic heterocycles. The number of nitro benzene ring substituents is 1. The number of hydrogen-bond donors (Lipinski definition) is 1. The molecule has 1 heterocycles. The number of nitriles is 1. The second kappa shape index (κ2) is 8.03. The highest BCUT2D eigenvalue weighted by Gasteiger charge is 2.23. The van der Waals surface area contributed by atoms with Crippen molar-refractivity contribution < 1.29 is 14.5 Å². The van der Waals surface area contributed by atoms with E-state index in [1.807, 2.05) is 11.0 Å². The lowest BCUT2D eigenvalue weighted by Crippen LogP contribution is -2.36. The quantitative estimate of drug-likeness (QED) is 0.638. The van der Waals surface area contributed by atoms with Gasteiger partial charge in [-0.2, -0.15) is 5.26 Å². The van der Waals surface area contributed by atoms with Gasteiger partial charge in [0.2, 0.25) is 0 Å². The number of benzene rings is 2. The smallest absolute Gasteiger partial charge is 0.293 e. The summed E-state index contributed by atoms with van der Waals surface area (Å²) < 4.78 is 5.27. The molecule has 0 saturated carbocycles. The minimum atomic E-state index is -0.507. The number of nitro groups is 1. The van der Waals surface area contributed by atoms with Gasteiger partial charge in [0, 0.05) is 30.4 Å². The first kappa shape index (κ1) is 18.6. The third-order valence-electron chi connectivity index (χ3n) is 4.13. The maximum atomic E-state index is 12.5. The molecule has 1 aliphatic heterocycles. The number of halogens is 1. The van der Waals surface area contributed by atoms with Gasteiger partial charge in [-0.3, -0.25) is 14.9 Å². The molecule has 0 atom stereocenters. The lowest BCUT2D eigenvalue weighted by molar-refractivity contribution is -0.384. The van der Waals surface area contributed by atoms with E-state index >= 15 is 0 Å². The van der Waals surface area contributed by atoms with Gasteiger partial charge < -0.3 is 15.0 Å². The highest BCUT2D eigenvalue weighted by molar-refractivity contribution is 6.32. The Labute approximate surface area is 160 Å². The Bertz CT molecular complexity index is 935. The number of nitrogens with one attached hydrogen (secondary N) is 1. The number of rotatable bonds is 4. The van der Waals surface area contributed by atoms with Crippen LogP contribution in [-0.2, 0) is 4.74 Å². The summed E-state index contributed by atoms with van der Waals surface area (Å²) in [6, 6.07) is 10.8. The van der Waals surface area contributed by atoms with Crippen molar-refractivity contribution in [2.75, 3.05) is 36.5 Å². The van der Waals surface area contributed by atoms with Gasteiger partial charge in [0.1, 0.15) is 11.8 Å². The van der Waals surface area contributed by atoms with Crippen LogP contribution in [0.3, 0.4) is 0 Å². The van der Waals surface area contributed by atoms with Gasteiger partial charge in [0.05, 0.1) is 28.7 Å². The van der Waals surface area contributed by atoms with Crippen LogP contribution in [0.1, 0.15) is 15.9 Å². The van der Waals surface area contributed by atoms with Gasteiger partial charge in [-0.25, -0.2) is 0 Å². The van der Waals surface area contributed by atoms with Crippen molar-refractivity contribution in [2.24, 2.45) is 0 Å². The molecule has 1 amide bonds. The van der Waals surface area contributed by atoms with E-state index < -0.39 is 10.8 Å². The van der Waals surface area contributed by atoms with E-state index in [-0.39, 0.29) is 16.3 Å². The summed E-state index contributed by atoms with van der Waals surface area (Å²) in [7, 11) is 0. The SMILES string of the molecule is N#Cc1ccc(NC(=O)c2ccc(N3CCOCC3)c([N+](=O)[O-])c2)cc1Cl. The zero-order chi connectivity index (χ0) is 19.4. The van der Waals surface area contributed by atoms with E-state index in [4.69, 9.17) is 21.6 Å². The standard InChI is InChI=1S/C18H15ClN4O4/c19-15-10-14(3-1-13(15)11-20)21-18(24)12-2-4-16(17(9-12)23(25)26)22-5-7-27-8-6-22/h1-4,9-10H,5-8H2,(H,21,24). The lowest BCUT2D eigenvalue weighted by Gasteiger charge is -2.28. The number of hydrogen-bond acceptors (Lipinski definition) is 6. The summed E-state index contributed by atoms with van der Waals surface area (Å²) in [5.41, 5.74) is 1.16. The fourth-order valence-electron chi connectivity index (χ4n) is 2.77. The minimum Gasteiger partial charge on any atom is -0.378 e. The van der Waals surface area contributed by atoms with Crippen LogP contribution in [0.4, 0.5) is 17.1 Å². The van der Waals surface area contributed by atoms with E-state index in [1.54, 1.807) is 18.2 Å². The molecule has 138 valence electrons. The molecule has 0 radical (unpaired) electrons. The van der Waals surface area contributed by atoms with Crippen LogP contribution in [0.15, 0.2) is 36.4 Å². The molecule has 0 spiro atoms. The molecule has 8 nitrogen and oxygen atoms in total. The van der Waals surface area contributed by atoms with Crippen LogP contribution in [0.25, 0.3) is 0 Å². The average molecular weight is 387 g/mol. The Hall–Kier alpha value is -3.15. The molecule has 2 aromatic rings. The lowest BCUT2D eigenvalue weighted by atomic mass is 10.1. The second-order valence-electron chi connectivity index (χ2n) is 5.82. The van der Waals surface area contributed by atoms with Crippen molar-refractivity contribution >= 4 is 34.6 Å². The van der Waals surface area contributed by atoms with Gasteiger partial charge in [-0.15, -0.1) is 0 Å². The first-order valence-electron chi connectivity index (χ1n) is 8.11. The summed E-state index contributed by atoms with van der Waals surface area (Å²) in [4.78, 5) is 25.3. The first-order chi connectivity index (χ1) is 13.0. The fraction of sp³-hybridized carbons (Fsp3) is 0.222. The molecule has 1 saturated heterocycles. The molecule has 2 aromatic carbocycles. The second-order valence-corrected chi connectivity index (χ2v) is 6.23. The summed E-state index contributed by atoms with van der Waals surface area (Å²) in [6.45, 7) is 2.10. The Morgan fingerprint density at radius 3 is 2.63 bits per heavy atom. The molecule has 0 bridgehead atoms. The summed E-state index contributed by atoms with van der Waals surface area (Å²) >= 11 is 5.95. The number of carbonyl (C=O) groups excluding carboxylic acids is 1. The molecule has 27 heavy (non-hydrogen) atoms. The highest BCUT2D eigenvalue weighted by atomic mass is 35.5. The zero-order valence-electron chi connectivity index (χ0n) is 14.1. The molecule has 9 heteroatoms. The van der Waals surface area contributed by atoms with Crippen LogP contribution in [0.2, 0.25) is 5.02 Å². The average Bonchev–Trinajstić information content (AvgIpc) is 2.68. The van der Waals surface area contributed by atoms with Crippen molar-refractivity contribution in [1.29, 1.82) is 5.26 Å². The zero-order valence-corrected chi connectivity index (χ0v) is 14.9. The van der Waals surface area contributed by atoms with Crippen molar-refractivity contribution in [3.63, 3.8) is 0 Å².